The minimum atomic E-state index is -3.86. The van der Waals surface area contributed by atoms with Crippen molar-refractivity contribution in [3.05, 3.63) is 41.6 Å². The number of anilines is 1. The summed E-state index contributed by atoms with van der Waals surface area (Å²) in [4.78, 5) is 11.2. The fourth-order valence-corrected chi connectivity index (χ4v) is 2.72. The summed E-state index contributed by atoms with van der Waals surface area (Å²) in [5, 5.41) is 12.8. The highest BCUT2D eigenvalue weighted by atomic mass is 32.2. The molecular weight excluding hydrogens is 292 g/mol. The molecule has 0 fully saturated rings. The molecule has 0 saturated carbocycles. The van der Waals surface area contributed by atoms with Crippen molar-refractivity contribution >= 4 is 21.6 Å². The molecule has 0 radical (unpaired) electrons. The third kappa shape index (κ3) is 3.09. The molecule has 21 heavy (non-hydrogen) atoms. The number of nitrogens with zero attached hydrogens (tertiary/aromatic N) is 3. The first-order chi connectivity index (χ1) is 9.83. The Morgan fingerprint density at radius 3 is 2.48 bits per heavy atom. The van der Waals surface area contributed by atoms with Crippen molar-refractivity contribution in [2.24, 2.45) is 7.05 Å². The number of carbonyl (C=O) groups excluding carboxylic acids is 1. The summed E-state index contributed by atoms with van der Waals surface area (Å²) < 4.78 is 28.0. The molecule has 0 aliphatic heterocycles. The third-order valence-electron chi connectivity index (χ3n) is 2.75. The molecule has 0 aliphatic rings. The highest BCUT2D eigenvalue weighted by Gasteiger charge is 2.18. The van der Waals surface area contributed by atoms with Crippen LogP contribution in [0.15, 0.2) is 35.4 Å². The fourth-order valence-electron chi connectivity index (χ4n) is 1.70. The van der Waals surface area contributed by atoms with Gasteiger partial charge in [-0.25, -0.2) is 8.42 Å². The maximum Gasteiger partial charge on any atom is 0.263 e. The fraction of sp³-hybridized carbons (Fsp3) is 0.154. The van der Waals surface area contributed by atoms with Gasteiger partial charge in [0.1, 0.15) is 11.6 Å². The van der Waals surface area contributed by atoms with Crippen molar-refractivity contribution < 1.29 is 13.2 Å². The summed E-state index contributed by atoms with van der Waals surface area (Å²) in [7, 11) is -2.28. The summed E-state index contributed by atoms with van der Waals surface area (Å²) in [6.45, 7) is 1.40. The Morgan fingerprint density at radius 2 is 1.95 bits per heavy atom. The quantitative estimate of drug-likeness (QED) is 0.857. The maximum absolute atomic E-state index is 12.2. The van der Waals surface area contributed by atoms with E-state index >= 15 is 0 Å². The van der Waals surface area contributed by atoms with Crippen LogP contribution in [0.4, 0.5) is 5.82 Å². The number of sulfonamides is 1. The normalized spacial score (nSPS) is 10.9. The van der Waals surface area contributed by atoms with Gasteiger partial charge in [-0.1, -0.05) is 12.1 Å². The average Bonchev–Trinajstić information content (AvgIpc) is 2.78. The van der Waals surface area contributed by atoms with E-state index in [1.165, 1.54) is 42.1 Å². The molecule has 0 amide bonds. The molecule has 8 heteroatoms. The van der Waals surface area contributed by atoms with E-state index in [1.807, 2.05) is 6.07 Å². The number of hydrogen-bond donors (Lipinski definition) is 1. The van der Waals surface area contributed by atoms with Crippen LogP contribution < -0.4 is 4.72 Å². The van der Waals surface area contributed by atoms with Gasteiger partial charge in [-0.2, -0.15) is 10.4 Å². The van der Waals surface area contributed by atoms with Gasteiger partial charge in [-0.3, -0.25) is 14.2 Å². The van der Waals surface area contributed by atoms with Crippen LogP contribution in [0.1, 0.15) is 22.8 Å². The zero-order valence-electron chi connectivity index (χ0n) is 11.4. The number of benzene rings is 1. The second kappa shape index (κ2) is 5.38. The lowest BCUT2D eigenvalue weighted by atomic mass is 10.2. The van der Waals surface area contributed by atoms with E-state index in [4.69, 9.17) is 5.26 Å². The molecular formula is C13H12N4O3S. The lowest BCUT2D eigenvalue weighted by Gasteiger charge is -2.06. The predicted molar refractivity (Wildman–Crippen MR) is 75.2 cm³/mol. The first kappa shape index (κ1) is 14.7. The van der Waals surface area contributed by atoms with Gasteiger partial charge in [0.15, 0.2) is 11.6 Å². The van der Waals surface area contributed by atoms with Gasteiger partial charge in [-0.05, 0) is 19.1 Å². The van der Waals surface area contributed by atoms with Crippen LogP contribution in [0.2, 0.25) is 0 Å². The van der Waals surface area contributed by atoms with Crippen LogP contribution >= 0.6 is 0 Å². The zero-order valence-corrected chi connectivity index (χ0v) is 12.2. The van der Waals surface area contributed by atoms with Gasteiger partial charge in [0.2, 0.25) is 0 Å². The summed E-state index contributed by atoms with van der Waals surface area (Å²) in [5.74, 6) is -0.181. The molecule has 1 aromatic carbocycles. The van der Waals surface area contributed by atoms with Crippen LogP contribution in [0.25, 0.3) is 0 Å². The maximum atomic E-state index is 12.2. The SMILES string of the molecule is CC(=O)c1ccc(S(=O)(=O)Nc2nn(C)cc2C#N)cc1. The number of carbonyl (C=O) groups is 1. The molecule has 1 heterocycles. The number of hydrogen-bond acceptors (Lipinski definition) is 5. The smallest absolute Gasteiger partial charge is 0.263 e. The topological polar surface area (TPSA) is 105 Å². The number of nitriles is 1. The minimum absolute atomic E-state index is 0.0120. The van der Waals surface area contributed by atoms with Crippen molar-refractivity contribution in [3.8, 4) is 6.07 Å². The van der Waals surface area contributed by atoms with E-state index in [1.54, 1.807) is 7.05 Å². The van der Waals surface area contributed by atoms with Gasteiger partial charge in [0.05, 0.1) is 4.90 Å². The van der Waals surface area contributed by atoms with E-state index in [2.05, 4.69) is 9.82 Å². The molecule has 1 aromatic heterocycles. The summed E-state index contributed by atoms with van der Waals surface area (Å²) >= 11 is 0. The lowest BCUT2D eigenvalue weighted by Crippen LogP contribution is -2.14. The molecule has 2 aromatic rings. The zero-order chi connectivity index (χ0) is 15.6. The Hall–Kier alpha value is -2.66. The number of aromatic nitrogens is 2. The number of aryl methyl sites for hydroxylation is 1. The molecule has 0 unspecified atom stereocenters. The summed E-state index contributed by atoms with van der Waals surface area (Å²) in [6.07, 6.45) is 1.41. The van der Waals surface area contributed by atoms with Crippen molar-refractivity contribution in [1.82, 2.24) is 9.78 Å². The van der Waals surface area contributed by atoms with Gasteiger partial charge in [0, 0.05) is 18.8 Å². The van der Waals surface area contributed by atoms with Crippen LogP contribution in [0.5, 0.6) is 0 Å². The highest BCUT2D eigenvalue weighted by molar-refractivity contribution is 7.92. The minimum Gasteiger partial charge on any atom is -0.295 e. The van der Waals surface area contributed by atoms with E-state index < -0.39 is 10.0 Å². The monoisotopic (exact) mass is 304 g/mol. The Bertz CT molecular complexity index is 829. The van der Waals surface area contributed by atoms with Crippen LogP contribution in [0, 0.1) is 11.3 Å². The standard InChI is InChI=1S/C13H12N4O3S/c1-9(18)10-3-5-12(6-4-10)21(19,20)16-13-11(7-14)8-17(2)15-13/h3-6,8H,1-2H3,(H,15,16). The van der Waals surface area contributed by atoms with Gasteiger partial charge >= 0.3 is 0 Å². The summed E-state index contributed by atoms with van der Waals surface area (Å²) in [5.41, 5.74) is 0.547. The van der Waals surface area contributed by atoms with Crippen molar-refractivity contribution in [1.29, 1.82) is 5.26 Å². The number of Topliss-reactive ketones (excluding diaryl/α,β-unsaturated/α-hetero) is 1. The molecule has 108 valence electrons. The number of ketones is 1. The Morgan fingerprint density at radius 1 is 1.33 bits per heavy atom. The van der Waals surface area contributed by atoms with Crippen molar-refractivity contribution in [3.63, 3.8) is 0 Å². The molecule has 0 saturated heterocycles. The van der Waals surface area contributed by atoms with E-state index in [0.717, 1.165) is 0 Å². The van der Waals surface area contributed by atoms with Crippen molar-refractivity contribution in [2.45, 2.75) is 11.8 Å². The van der Waals surface area contributed by atoms with Crippen LogP contribution in [-0.4, -0.2) is 24.0 Å². The largest absolute Gasteiger partial charge is 0.295 e. The molecule has 7 nitrogen and oxygen atoms in total. The first-order valence-corrected chi connectivity index (χ1v) is 7.39. The Kier molecular flexibility index (Phi) is 3.78. The lowest BCUT2D eigenvalue weighted by molar-refractivity contribution is 0.101. The Labute approximate surface area is 121 Å². The van der Waals surface area contributed by atoms with E-state index in [9.17, 15) is 13.2 Å². The molecule has 0 bridgehead atoms. The van der Waals surface area contributed by atoms with Crippen LogP contribution in [0.3, 0.4) is 0 Å². The first-order valence-electron chi connectivity index (χ1n) is 5.91. The number of nitrogens with one attached hydrogen (secondary N) is 1. The summed E-state index contributed by atoms with van der Waals surface area (Å²) in [6, 6.07) is 7.38. The van der Waals surface area contributed by atoms with Gasteiger partial charge in [-0.15, -0.1) is 0 Å². The number of rotatable bonds is 4. The highest BCUT2D eigenvalue weighted by Crippen LogP contribution is 2.18. The predicted octanol–water partition coefficient (Wildman–Crippen LogP) is 1.30. The average molecular weight is 304 g/mol. The molecule has 0 aliphatic carbocycles. The second-order valence-corrected chi connectivity index (χ2v) is 6.05. The van der Waals surface area contributed by atoms with E-state index in [-0.39, 0.29) is 22.1 Å². The Balaban J connectivity index is 2.34. The molecule has 0 atom stereocenters. The molecule has 1 N–H and O–H groups in total. The molecule has 0 spiro atoms. The van der Waals surface area contributed by atoms with Gasteiger partial charge in [0.25, 0.3) is 10.0 Å². The molecule has 2 rings (SSSR count). The van der Waals surface area contributed by atoms with Crippen LogP contribution in [-0.2, 0) is 17.1 Å². The van der Waals surface area contributed by atoms with E-state index in [0.29, 0.717) is 5.56 Å². The van der Waals surface area contributed by atoms with Gasteiger partial charge < -0.3 is 0 Å². The van der Waals surface area contributed by atoms with Crippen molar-refractivity contribution in [2.75, 3.05) is 4.72 Å². The third-order valence-corrected chi connectivity index (χ3v) is 4.11. The second-order valence-electron chi connectivity index (χ2n) is 4.36.